The number of thioether (sulfide) groups is 1. The van der Waals surface area contributed by atoms with E-state index < -0.39 is 12.7 Å². The number of methoxy groups -OCH3 is 2. The van der Waals surface area contributed by atoms with E-state index in [0.29, 0.717) is 41.9 Å². The molecule has 0 radical (unpaired) electrons. The van der Waals surface area contributed by atoms with E-state index in [-0.39, 0.29) is 24.7 Å². The SMILES string of the molecule is CCC(=O)OC(COC)CN1CCC(Nc2cccc3c2cc(C#CCNc2ccc(SC)cc2OC)n3CC(F)(F)F)CC1. The third kappa shape index (κ3) is 9.73. The van der Waals surface area contributed by atoms with E-state index in [1.54, 1.807) is 51.1 Å². The third-order valence-corrected chi connectivity index (χ3v) is 8.35. The van der Waals surface area contributed by atoms with Crippen LogP contribution in [0.1, 0.15) is 31.9 Å². The van der Waals surface area contributed by atoms with Crippen LogP contribution in [0, 0.1) is 11.8 Å². The van der Waals surface area contributed by atoms with E-state index in [2.05, 4.69) is 27.4 Å². The second kappa shape index (κ2) is 16.2. The average molecular weight is 647 g/mol. The third-order valence-electron chi connectivity index (χ3n) is 7.62. The van der Waals surface area contributed by atoms with Crippen molar-refractivity contribution in [3.8, 4) is 17.6 Å². The lowest BCUT2D eigenvalue weighted by Crippen LogP contribution is -2.44. The fourth-order valence-corrected chi connectivity index (χ4v) is 5.86. The molecule has 8 nitrogen and oxygen atoms in total. The van der Waals surface area contributed by atoms with Gasteiger partial charge in [0.15, 0.2) is 0 Å². The van der Waals surface area contributed by atoms with Crippen molar-refractivity contribution in [1.29, 1.82) is 0 Å². The maximum absolute atomic E-state index is 13.7. The zero-order chi connectivity index (χ0) is 32.4. The summed E-state index contributed by atoms with van der Waals surface area (Å²) in [5.41, 5.74) is 2.31. The van der Waals surface area contributed by atoms with Crippen LogP contribution in [0.25, 0.3) is 10.9 Å². The second-order valence-corrected chi connectivity index (χ2v) is 11.7. The molecule has 1 saturated heterocycles. The Morgan fingerprint density at radius 3 is 2.58 bits per heavy atom. The fraction of sp³-hybridized carbons (Fsp3) is 0.485. The van der Waals surface area contributed by atoms with Crippen LogP contribution < -0.4 is 15.4 Å². The maximum atomic E-state index is 13.7. The molecule has 0 aliphatic carbocycles. The summed E-state index contributed by atoms with van der Waals surface area (Å²) in [6.07, 6.45) is -0.773. The normalized spacial score (nSPS) is 14.9. The fourth-order valence-electron chi connectivity index (χ4n) is 5.43. The average Bonchev–Trinajstić information content (AvgIpc) is 3.36. The van der Waals surface area contributed by atoms with E-state index in [1.807, 2.05) is 30.5 Å². The number of rotatable bonds is 13. The molecule has 1 aliphatic rings. The van der Waals surface area contributed by atoms with E-state index in [0.717, 1.165) is 42.2 Å². The van der Waals surface area contributed by atoms with Gasteiger partial charge in [-0.1, -0.05) is 18.9 Å². The van der Waals surface area contributed by atoms with Gasteiger partial charge in [-0.05, 0) is 61.4 Å². The molecular formula is C33H41F3N4O4S. The second-order valence-electron chi connectivity index (χ2n) is 10.8. The Morgan fingerprint density at radius 2 is 1.91 bits per heavy atom. The Kier molecular flexibility index (Phi) is 12.3. The van der Waals surface area contributed by atoms with E-state index >= 15 is 0 Å². The van der Waals surface area contributed by atoms with Crippen LogP contribution in [0.15, 0.2) is 47.4 Å². The molecule has 12 heteroatoms. The summed E-state index contributed by atoms with van der Waals surface area (Å²) >= 11 is 1.60. The molecule has 244 valence electrons. The summed E-state index contributed by atoms with van der Waals surface area (Å²) < 4.78 is 58.4. The largest absolute Gasteiger partial charge is 0.495 e. The molecule has 0 bridgehead atoms. The van der Waals surface area contributed by atoms with E-state index in [9.17, 15) is 18.0 Å². The minimum Gasteiger partial charge on any atom is -0.495 e. The van der Waals surface area contributed by atoms with E-state index in [1.165, 1.54) is 4.57 Å². The number of fused-ring (bicyclic) bond motifs is 1. The standard InChI is InChI=1S/C33H41F3N4O4S/c1-5-32(41)44-25(21-42-2)20-39-16-13-23(14-17-39)38-28-9-6-10-30-27(28)18-24(40(30)22-33(34,35)36)8-7-15-37-29-12-11-26(45-4)19-31(29)43-3/h6,9-12,18-19,23,25,37-38H,5,13-17,20-22H2,1-4H3. The van der Waals surface area contributed by atoms with Crippen molar-refractivity contribution in [3.05, 3.63) is 48.2 Å². The Labute approximate surface area is 266 Å². The number of anilines is 2. The number of aromatic nitrogens is 1. The van der Waals surface area contributed by atoms with Gasteiger partial charge in [-0.15, -0.1) is 11.8 Å². The molecule has 45 heavy (non-hydrogen) atoms. The van der Waals surface area contributed by atoms with Crippen molar-refractivity contribution in [3.63, 3.8) is 0 Å². The zero-order valence-electron chi connectivity index (χ0n) is 26.1. The molecule has 1 unspecified atom stereocenters. The lowest BCUT2D eigenvalue weighted by molar-refractivity contribution is -0.152. The Bertz CT molecular complexity index is 1490. The molecule has 1 fully saturated rings. The molecule has 1 aliphatic heterocycles. The molecule has 0 saturated carbocycles. The molecule has 1 aromatic heterocycles. The number of hydrogen-bond acceptors (Lipinski definition) is 8. The van der Waals surface area contributed by atoms with Crippen molar-refractivity contribution in [2.75, 3.05) is 63.9 Å². The summed E-state index contributed by atoms with van der Waals surface area (Å²) in [4.78, 5) is 15.1. The highest BCUT2D eigenvalue weighted by molar-refractivity contribution is 7.98. The van der Waals surface area contributed by atoms with Gasteiger partial charge in [-0.3, -0.25) is 9.69 Å². The Morgan fingerprint density at radius 1 is 1.13 bits per heavy atom. The quantitative estimate of drug-likeness (QED) is 0.128. The van der Waals surface area contributed by atoms with Crippen LogP contribution in [0.4, 0.5) is 24.5 Å². The molecule has 0 spiro atoms. The first-order valence-corrected chi connectivity index (χ1v) is 16.2. The molecule has 1 atom stereocenters. The minimum atomic E-state index is -4.41. The van der Waals surface area contributed by atoms with Crippen molar-refractivity contribution in [2.45, 2.75) is 55.9 Å². The molecule has 2 aromatic carbocycles. The first-order valence-electron chi connectivity index (χ1n) is 14.9. The van der Waals surface area contributed by atoms with Gasteiger partial charge in [0.05, 0.1) is 37.2 Å². The molecule has 2 N–H and O–H groups in total. The van der Waals surface area contributed by atoms with Gasteiger partial charge in [0.25, 0.3) is 0 Å². The maximum Gasteiger partial charge on any atom is 0.406 e. The molecule has 3 aromatic rings. The van der Waals surface area contributed by atoms with Crippen LogP contribution in [0.2, 0.25) is 0 Å². The monoisotopic (exact) mass is 646 g/mol. The van der Waals surface area contributed by atoms with Gasteiger partial charge in [0.2, 0.25) is 0 Å². The lowest BCUT2D eigenvalue weighted by atomic mass is 10.0. The lowest BCUT2D eigenvalue weighted by Gasteiger charge is -2.34. The van der Waals surface area contributed by atoms with Crippen LogP contribution >= 0.6 is 11.8 Å². The van der Waals surface area contributed by atoms with Gasteiger partial charge < -0.3 is 29.4 Å². The van der Waals surface area contributed by atoms with Gasteiger partial charge >= 0.3 is 12.1 Å². The number of nitrogens with one attached hydrogen (secondary N) is 2. The van der Waals surface area contributed by atoms with Crippen molar-refractivity contribution in [1.82, 2.24) is 9.47 Å². The minimum absolute atomic E-state index is 0.142. The van der Waals surface area contributed by atoms with E-state index in [4.69, 9.17) is 14.2 Å². The first kappa shape index (κ1) is 34.3. The summed E-state index contributed by atoms with van der Waals surface area (Å²) in [6, 6.07) is 13.0. The summed E-state index contributed by atoms with van der Waals surface area (Å²) in [5.74, 6) is 6.37. The first-order chi connectivity index (χ1) is 21.6. The number of ether oxygens (including phenoxy) is 3. The number of carbonyl (C=O) groups is 1. The van der Waals surface area contributed by atoms with Crippen LogP contribution in [-0.4, -0.2) is 87.0 Å². The summed E-state index contributed by atoms with van der Waals surface area (Å²) in [6.45, 7) is 3.37. The number of benzene rings is 2. The van der Waals surface area contributed by atoms with Gasteiger partial charge in [-0.25, -0.2) is 0 Å². The highest BCUT2D eigenvalue weighted by atomic mass is 32.2. The Hall–Kier alpha value is -3.53. The molecular weight excluding hydrogens is 605 g/mol. The van der Waals surface area contributed by atoms with Crippen LogP contribution in [0.5, 0.6) is 5.75 Å². The zero-order valence-corrected chi connectivity index (χ0v) is 26.9. The van der Waals surface area contributed by atoms with Crippen molar-refractivity contribution >= 4 is 40.0 Å². The number of hydrogen-bond donors (Lipinski definition) is 2. The highest BCUT2D eigenvalue weighted by Gasteiger charge is 2.30. The number of esters is 1. The highest BCUT2D eigenvalue weighted by Crippen LogP contribution is 2.32. The number of piperidine rings is 1. The number of alkyl halides is 3. The Balaban J connectivity index is 1.47. The number of carbonyl (C=O) groups excluding carboxylic acids is 1. The molecule has 4 rings (SSSR count). The van der Waals surface area contributed by atoms with Crippen LogP contribution in [0.3, 0.4) is 0 Å². The topological polar surface area (TPSA) is 77.0 Å². The van der Waals surface area contributed by atoms with Gasteiger partial charge in [0, 0.05) is 55.2 Å². The van der Waals surface area contributed by atoms with Gasteiger partial charge in [0.1, 0.15) is 18.4 Å². The number of nitrogens with zero attached hydrogens (tertiary/aromatic N) is 2. The van der Waals surface area contributed by atoms with Crippen LogP contribution in [-0.2, 0) is 20.8 Å². The smallest absolute Gasteiger partial charge is 0.406 e. The van der Waals surface area contributed by atoms with Crippen molar-refractivity contribution < 1.29 is 32.2 Å². The predicted octanol–water partition coefficient (Wildman–Crippen LogP) is 6.24. The molecule has 0 amide bonds. The predicted molar refractivity (Wildman–Crippen MR) is 173 cm³/mol. The van der Waals surface area contributed by atoms with Gasteiger partial charge in [-0.2, -0.15) is 13.2 Å². The number of likely N-dealkylation sites (tertiary alicyclic amines) is 1. The summed E-state index contributed by atoms with van der Waals surface area (Å²) in [5, 5.41) is 7.47. The number of halogens is 3. The molecule has 2 heterocycles. The van der Waals surface area contributed by atoms with Crippen molar-refractivity contribution in [2.24, 2.45) is 0 Å². The summed E-state index contributed by atoms with van der Waals surface area (Å²) in [7, 11) is 3.18.